The van der Waals surface area contributed by atoms with Crippen LogP contribution in [0.4, 0.5) is 5.82 Å². The van der Waals surface area contributed by atoms with Gasteiger partial charge in [-0.1, -0.05) is 0 Å². The smallest absolute Gasteiger partial charge is 0.326 e. The van der Waals surface area contributed by atoms with E-state index >= 15 is 0 Å². The van der Waals surface area contributed by atoms with Crippen LogP contribution in [0.25, 0.3) is 0 Å². The Hall–Kier alpha value is -1.85. The lowest BCUT2D eigenvalue weighted by Crippen LogP contribution is -2.36. The maximum absolute atomic E-state index is 12.1. The Kier molecular flexibility index (Phi) is 3.36. The molecule has 1 fully saturated rings. The normalized spacial score (nSPS) is 16.6. The topological polar surface area (TPSA) is 84.2 Å². The second-order valence-electron chi connectivity index (χ2n) is 4.88. The summed E-state index contributed by atoms with van der Waals surface area (Å²) in [6.07, 6.45) is 4.88. The zero-order valence-corrected chi connectivity index (χ0v) is 10.5. The van der Waals surface area contributed by atoms with Crippen molar-refractivity contribution in [1.82, 2.24) is 9.55 Å². The molecule has 1 atom stereocenters. The molecule has 0 saturated heterocycles. The largest absolute Gasteiger partial charge is 0.480 e. The maximum Gasteiger partial charge on any atom is 0.326 e. The summed E-state index contributed by atoms with van der Waals surface area (Å²) in [6, 6.07) is -0.696. The molecular formula is C12H17N3O3. The van der Waals surface area contributed by atoms with Gasteiger partial charge in [-0.05, 0) is 32.6 Å². The Morgan fingerprint density at radius 2 is 2.22 bits per heavy atom. The first-order valence-electron chi connectivity index (χ1n) is 6.07. The monoisotopic (exact) mass is 251 g/mol. The molecule has 6 nitrogen and oxygen atoms in total. The van der Waals surface area contributed by atoms with Crippen LogP contribution in [0.1, 0.15) is 32.7 Å². The van der Waals surface area contributed by atoms with Crippen LogP contribution >= 0.6 is 0 Å². The van der Waals surface area contributed by atoms with Gasteiger partial charge in [-0.2, -0.15) is 0 Å². The Labute approximate surface area is 105 Å². The average molecular weight is 251 g/mol. The van der Waals surface area contributed by atoms with Crippen LogP contribution < -0.4 is 10.9 Å². The highest BCUT2D eigenvalue weighted by molar-refractivity contribution is 5.77. The molecule has 0 radical (unpaired) electrons. The lowest BCUT2D eigenvalue weighted by Gasteiger charge is -2.15. The Balaban J connectivity index is 2.25. The van der Waals surface area contributed by atoms with E-state index in [1.165, 1.54) is 10.8 Å². The molecule has 2 N–H and O–H groups in total. The van der Waals surface area contributed by atoms with E-state index in [9.17, 15) is 9.59 Å². The molecule has 1 saturated carbocycles. The van der Waals surface area contributed by atoms with Crippen molar-refractivity contribution in [2.24, 2.45) is 5.92 Å². The number of aromatic nitrogens is 2. The van der Waals surface area contributed by atoms with Crippen LogP contribution in [0.3, 0.4) is 0 Å². The predicted molar refractivity (Wildman–Crippen MR) is 66.7 cm³/mol. The molecule has 1 aliphatic carbocycles. The van der Waals surface area contributed by atoms with Crippen molar-refractivity contribution in [3.05, 3.63) is 22.7 Å². The van der Waals surface area contributed by atoms with Crippen molar-refractivity contribution in [3.8, 4) is 0 Å². The van der Waals surface area contributed by atoms with Gasteiger partial charge in [0.1, 0.15) is 6.04 Å². The molecule has 1 aliphatic rings. The van der Waals surface area contributed by atoms with Gasteiger partial charge in [-0.25, -0.2) is 9.78 Å². The molecule has 1 heterocycles. The van der Waals surface area contributed by atoms with Crippen molar-refractivity contribution in [1.29, 1.82) is 0 Å². The minimum absolute atomic E-state index is 0.0188. The molecule has 2 rings (SSSR count). The van der Waals surface area contributed by atoms with Crippen molar-refractivity contribution in [3.63, 3.8) is 0 Å². The van der Waals surface area contributed by atoms with Crippen LogP contribution in [0.15, 0.2) is 17.2 Å². The second-order valence-corrected chi connectivity index (χ2v) is 4.88. The summed E-state index contributed by atoms with van der Waals surface area (Å²) in [6.45, 7) is 3.78. The van der Waals surface area contributed by atoms with Crippen LogP contribution in [-0.4, -0.2) is 26.7 Å². The van der Waals surface area contributed by atoms with E-state index in [-0.39, 0.29) is 23.3 Å². The number of aliphatic carboxylic acids is 1. The third-order valence-electron chi connectivity index (χ3n) is 3.08. The quantitative estimate of drug-likeness (QED) is 0.818. The summed E-state index contributed by atoms with van der Waals surface area (Å²) in [5.41, 5.74) is -0.278. The first-order valence-corrected chi connectivity index (χ1v) is 6.07. The fourth-order valence-electron chi connectivity index (χ4n) is 1.89. The minimum atomic E-state index is -0.932. The van der Waals surface area contributed by atoms with E-state index in [0.717, 1.165) is 12.8 Å². The summed E-state index contributed by atoms with van der Waals surface area (Å²) < 4.78 is 1.53. The van der Waals surface area contributed by atoms with Crippen LogP contribution in [-0.2, 0) is 4.79 Å². The third-order valence-corrected chi connectivity index (χ3v) is 3.08. The summed E-state index contributed by atoms with van der Waals surface area (Å²) in [4.78, 5) is 27.1. The van der Waals surface area contributed by atoms with Gasteiger partial charge >= 0.3 is 5.97 Å². The van der Waals surface area contributed by atoms with Gasteiger partial charge in [0.25, 0.3) is 5.56 Å². The molecule has 0 amide bonds. The molecule has 1 aromatic heterocycles. The van der Waals surface area contributed by atoms with Gasteiger partial charge in [0.05, 0.1) is 0 Å². The van der Waals surface area contributed by atoms with Crippen LogP contribution in [0.5, 0.6) is 0 Å². The number of rotatable bonds is 5. The number of anilines is 1. The zero-order valence-electron chi connectivity index (χ0n) is 10.5. The number of nitrogens with one attached hydrogen (secondary N) is 1. The fraction of sp³-hybridized carbons (Fsp3) is 0.583. The van der Waals surface area contributed by atoms with E-state index in [1.54, 1.807) is 6.20 Å². The van der Waals surface area contributed by atoms with Gasteiger partial charge in [0, 0.05) is 18.4 Å². The molecule has 0 bridgehead atoms. The Morgan fingerprint density at radius 3 is 2.72 bits per heavy atom. The van der Waals surface area contributed by atoms with E-state index in [1.807, 2.05) is 13.8 Å². The molecule has 0 aromatic carbocycles. The number of carboxylic acid groups (broad SMARTS) is 1. The maximum atomic E-state index is 12.1. The van der Waals surface area contributed by atoms with Crippen LogP contribution in [0.2, 0.25) is 0 Å². The molecular weight excluding hydrogens is 234 g/mol. The van der Waals surface area contributed by atoms with Crippen molar-refractivity contribution < 1.29 is 9.90 Å². The molecule has 18 heavy (non-hydrogen) atoms. The first-order chi connectivity index (χ1) is 8.50. The van der Waals surface area contributed by atoms with Gasteiger partial charge in [0.15, 0.2) is 5.82 Å². The number of carboxylic acids is 1. The molecule has 1 aromatic rings. The number of carbonyl (C=O) groups is 1. The number of hydrogen-bond acceptors (Lipinski definition) is 4. The van der Waals surface area contributed by atoms with Gasteiger partial charge in [0.2, 0.25) is 0 Å². The highest BCUT2D eigenvalue weighted by Gasteiger charge is 2.36. The Bertz CT molecular complexity index is 506. The molecule has 98 valence electrons. The van der Waals surface area contributed by atoms with Gasteiger partial charge in [-0.3, -0.25) is 4.79 Å². The zero-order chi connectivity index (χ0) is 13.3. The van der Waals surface area contributed by atoms with E-state index in [2.05, 4.69) is 10.3 Å². The lowest BCUT2D eigenvalue weighted by atomic mass is 10.2. The first kappa shape index (κ1) is 12.6. The van der Waals surface area contributed by atoms with Gasteiger partial charge < -0.3 is 15.0 Å². The molecule has 6 heteroatoms. The predicted octanol–water partition coefficient (Wildman–Crippen LogP) is 1.10. The minimum Gasteiger partial charge on any atom is -0.480 e. The molecule has 0 aliphatic heterocycles. The number of hydrogen-bond donors (Lipinski definition) is 2. The van der Waals surface area contributed by atoms with Gasteiger partial charge in [-0.15, -0.1) is 0 Å². The number of nitrogens with zero attached hydrogens (tertiary/aromatic N) is 2. The van der Waals surface area contributed by atoms with Crippen molar-refractivity contribution in [2.75, 3.05) is 5.32 Å². The second kappa shape index (κ2) is 4.80. The van der Waals surface area contributed by atoms with Crippen molar-refractivity contribution >= 4 is 11.8 Å². The van der Waals surface area contributed by atoms with E-state index in [4.69, 9.17) is 5.11 Å². The summed E-state index contributed by atoms with van der Waals surface area (Å²) in [5, 5.41) is 11.9. The molecule has 1 unspecified atom stereocenters. The fourth-order valence-corrected chi connectivity index (χ4v) is 1.89. The SMILES string of the molecule is CC(C)n1ccnc(NC(C(=O)O)C2CC2)c1=O. The average Bonchev–Trinajstić information content (AvgIpc) is 3.10. The highest BCUT2D eigenvalue weighted by atomic mass is 16.4. The highest BCUT2D eigenvalue weighted by Crippen LogP contribution is 2.33. The standard InChI is InChI=1S/C12H17N3O3/c1-7(2)15-6-5-13-10(11(15)16)14-9(12(17)18)8-3-4-8/h5-9H,3-4H2,1-2H3,(H,13,14)(H,17,18). The van der Waals surface area contributed by atoms with E-state index < -0.39 is 12.0 Å². The summed E-state index contributed by atoms with van der Waals surface area (Å²) in [5.74, 6) is -0.708. The summed E-state index contributed by atoms with van der Waals surface area (Å²) in [7, 11) is 0. The molecule has 0 spiro atoms. The van der Waals surface area contributed by atoms with Crippen molar-refractivity contribution in [2.45, 2.75) is 38.8 Å². The lowest BCUT2D eigenvalue weighted by molar-refractivity contribution is -0.138. The summed E-state index contributed by atoms with van der Waals surface area (Å²) >= 11 is 0. The Morgan fingerprint density at radius 1 is 1.56 bits per heavy atom. The van der Waals surface area contributed by atoms with E-state index in [0.29, 0.717) is 0 Å². The third kappa shape index (κ3) is 2.52. The van der Waals surface area contributed by atoms with Crippen LogP contribution in [0, 0.1) is 5.92 Å².